The summed E-state index contributed by atoms with van der Waals surface area (Å²) >= 11 is 0. The Balaban J connectivity index is 3.92. The van der Waals surface area contributed by atoms with Crippen molar-refractivity contribution >= 4 is 9.84 Å². The van der Waals surface area contributed by atoms with Crippen LogP contribution in [0.1, 0.15) is 13.3 Å². The molecular weight excluding hydrogens is 226 g/mol. The predicted octanol–water partition coefficient (Wildman–Crippen LogP) is -0.145. The van der Waals surface area contributed by atoms with Crippen molar-refractivity contribution in [2.45, 2.75) is 19.4 Å². The molecule has 0 saturated carbocycles. The van der Waals surface area contributed by atoms with E-state index in [1.165, 1.54) is 6.26 Å². The lowest BCUT2D eigenvalue weighted by Crippen LogP contribution is -2.40. The second-order valence-corrected chi connectivity index (χ2v) is 6.29. The van der Waals surface area contributed by atoms with Crippen LogP contribution in [0, 0.1) is 11.3 Å². The zero-order valence-electron chi connectivity index (χ0n) is 10.2. The van der Waals surface area contributed by atoms with E-state index in [2.05, 4.69) is 11.4 Å². The van der Waals surface area contributed by atoms with Crippen LogP contribution < -0.4 is 5.32 Å². The fraction of sp³-hybridized carbons (Fsp3) is 0.900. The maximum atomic E-state index is 11.0. The maximum absolute atomic E-state index is 11.0. The van der Waals surface area contributed by atoms with Crippen LogP contribution in [-0.4, -0.2) is 58.1 Å². The van der Waals surface area contributed by atoms with Gasteiger partial charge in [-0.1, -0.05) is 6.92 Å². The van der Waals surface area contributed by atoms with Crippen LogP contribution in [0.15, 0.2) is 0 Å². The Morgan fingerprint density at radius 2 is 2.12 bits per heavy atom. The van der Waals surface area contributed by atoms with E-state index in [1.807, 2.05) is 18.9 Å². The van der Waals surface area contributed by atoms with E-state index in [0.29, 0.717) is 13.1 Å². The first-order chi connectivity index (χ1) is 7.39. The second kappa shape index (κ2) is 7.60. The molecule has 0 aliphatic heterocycles. The molecule has 0 bridgehead atoms. The molecule has 0 amide bonds. The second-order valence-electron chi connectivity index (χ2n) is 4.03. The van der Waals surface area contributed by atoms with Crippen molar-refractivity contribution in [2.75, 3.05) is 38.7 Å². The van der Waals surface area contributed by atoms with E-state index in [-0.39, 0.29) is 11.8 Å². The third kappa shape index (κ3) is 8.65. The number of nitriles is 1. The minimum atomic E-state index is -2.92. The molecule has 0 heterocycles. The highest BCUT2D eigenvalue weighted by atomic mass is 32.2. The van der Waals surface area contributed by atoms with Gasteiger partial charge in [-0.2, -0.15) is 5.26 Å². The van der Waals surface area contributed by atoms with Crippen molar-refractivity contribution in [3.8, 4) is 6.07 Å². The van der Waals surface area contributed by atoms with Crippen LogP contribution in [0.2, 0.25) is 0 Å². The van der Waals surface area contributed by atoms with Crippen LogP contribution in [0.25, 0.3) is 0 Å². The van der Waals surface area contributed by atoms with Gasteiger partial charge in [-0.15, -0.1) is 0 Å². The average molecular weight is 247 g/mol. The largest absolute Gasteiger partial charge is 0.303 e. The standard InChI is InChI=1S/C10H21N3O2S/c1-4-5-12-10(8-11)9-13(2)6-7-16(3,14)15/h10,12H,4-7,9H2,1-3H3. The minimum Gasteiger partial charge on any atom is -0.303 e. The number of sulfone groups is 1. The summed E-state index contributed by atoms with van der Waals surface area (Å²) in [5, 5.41) is 12.0. The molecule has 0 aromatic rings. The van der Waals surface area contributed by atoms with Crippen molar-refractivity contribution in [3.63, 3.8) is 0 Å². The topological polar surface area (TPSA) is 73.2 Å². The third-order valence-electron chi connectivity index (χ3n) is 2.13. The molecule has 0 aliphatic carbocycles. The Bertz CT molecular complexity index is 321. The van der Waals surface area contributed by atoms with E-state index >= 15 is 0 Å². The number of hydrogen-bond donors (Lipinski definition) is 1. The van der Waals surface area contributed by atoms with Gasteiger partial charge in [0.05, 0.1) is 11.8 Å². The Labute approximate surface area is 98.4 Å². The molecule has 0 rings (SSSR count). The lowest BCUT2D eigenvalue weighted by molar-refractivity contribution is 0.326. The Morgan fingerprint density at radius 3 is 2.56 bits per heavy atom. The van der Waals surface area contributed by atoms with Crippen LogP contribution in [0.5, 0.6) is 0 Å². The van der Waals surface area contributed by atoms with Gasteiger partial charge in [0.25, 0.3) is 0 Å². The number of hydrogen-bond acceptors (Lipinski definition) is 5. The van der Waals surface area contributed by atoms with Crippen LogP contribution >= 0.6 is 0 Å². The fourth-order valence-electron chi connectivity index (χ4n) is 1.19. The molecule has 0 saturated heterocycles. The number of likely N-dealkylation sites (N-methyl/N-ethyl adjacent to an activating group) is 1. The summed E-state index contributed by atoms with van der Waals surface area (Å²) in [7, 11) is -1.10. The SMILES string of the molecule is CCCNC(C#N)CN(C)CCS(C)(=O)=O. The van der Waals surface area contributed by atoms with Crippen LogP contribution in [0.3, 0.4) is 0 Å². The maximum Gasteiger partial charge on any atom is 0.148 e. The highest BCUT2D eigenvalue weighted by Crippen LogP contribution is 1.92. The van der Waals surface area contributed by atoms with Gasteiger partial charge in [0.15, 0.2) is 0 Å². The molecule has 0 fully saturated rings. The Hall–Kier alpha value is -0.640. The predicted molar refractivity (Wildman–Crippen MR) is 64.9 cm³/mol. The summed E-state index contributed by atoms with van der Waals surface area (Å²) in [6.45, 7) is 3.85. The molecule has 0 radical (unpaired) electrons. The monoisotopic (exact) mass is 247 g/mol. The highest BCUT2D eigenvalue weighted by Gasteiger charge is 2.11. The summed E-state index contributed by atoms with van der Waals surface area (Å²) < 4.78 is 21.9. The van der Waals surface area contributed by atoms with Crippen LogP contribution in [-0.2, 0) is 9.84 Å². The molecule has 0 aliphatic rings. The van der Waals surface area contributed by atoms with Gasteiger partial charge in [-0.3, -0.25) is 0 Å². The van der Waals surface area contributed by atoms with Gasteiger partial charge in [-0.05, 0) is 20.0 Å². The van der Waals surface area contributed by atoms with Crippen molar-refractivity contribution in [1.82, 2.24) is 10.2 Å². The minimum absolute atomic E-state index is 0.134. The van der Waals surface area contributed by atoms with Crippen molar-refractivity contribution < 1.29 is 8.42 Å². The summed E-state index contributed by atoms with van der Waals surface area (Å²) in [5.41, 5.74) is 0. The Kier molecular flexibility index (Phi) is 7.30. The molecule has 94 valence electrons. The van der Waals surface area contributed by atoms with E-state index in [0.717, 1.165) is 13.0 Å². The quantitative estimate of drug-likeness (QED) is 0.646. The smallest absolute Gasteiger partial charge is 0.148 e. The molecular formula is C10H21N3O2S. The normalized spacial score (nSPS) is 13.7. The van der Waals surface area contributed by atoms with Gasteiger partial charge in [-0.25, -0.2) is 8.42 Å². The molecule has 0 aromatic heterocycles. The summed E-state index contributed by atoms with van der Waals surface area (Å²) in [5.74, 6) is 0.134. The lowest BCUT2D eigenvalue weighted by atomic mass is 10.3. The van der Waals surface area contributed by atoms with E-state index in [9.17, 15) is 8.42 Å². The van der Waals surface area contributed by atoms with Crippen molar-refractivity contribution in [1.29, 1.82) is 5.26 Å². The summed E-state index contributed by atoms with van der Waals surface area (Å²) in [6, 6.07) is 1.93. The van der Waals surface area contributed by atoms with Gasteiger partial charge < -0.3 is 10.2 Å². The Morgan fingerprint density at radius 1 is 1.50 bits per heavy atom. The summed E-state index contributed by atoms with van der Waals surface area (Å²) in [4.78, 5) is 1.86. The van der Waals surface area contributed by atoms with Crippen molar-refractivity contribution in [2.24, 2.45) is 0 Å². The first-order valence-corrected chi connectivity index (χ1v) is 7.44. The average Bonchev–Trinajstić information content (AvgIpc) is 2.20. The molecule has 1 atom stereocenters. The van der Waals surface area contributed by atoms with Crippen molar-refractivity contribution in [3.05, 3.63) is 0 Å². The molecule has 0 aromatic carbocycles. The third-order valence-corrected chi connectivity index (χ3v) is 3.06. The van der Waals surface area contributed by atoms with Gasteiger partial charge in [0.1, 0.15) is 15.9 Å². The lowest BCUT2D eigenvalue weighted by Gasteiger charge is -2.19. The van der Waals surface area contributed by atoms with E-state index < -0.39 is 9.84 Å². The van der Waals surface area contributed by atoms with Gasteiger partial charge in [0, 0.05) is 19.3 Å². The molecule has 1 N–H and O–H groups in total. The first-order valence-electron chi connectivity index (χ1n) is 5.38. The van der Waals surface area contributed by atoms with Gasteiger partial charge in [0.2, 0.25) is 0 Å². The van der Waals surface area contributed by atoms with E-state index in [4.69, 9.17) is 5.26 Å². The number of rotatable bonds is 8. The molecule has 5 nitrogen and oxygen atoms in total. The molecule has 0 spiro atoms. The van der Waals surface area contributed by atoms with Crippen LogP contribution in [0.4, 0.5) is 0 Å². The van der Waals surface area contributed by atoms with Gasteiger partial charge >= 0.3 is 0 Å². The zero-order chi connectivity index (χ0) is 12.6. The van der Waals surface area contributed by atoms with E-state index in [1.54, 1.807) is 0 Å². The summed E-state index contributed by atoms with van der Waals surface area (Å²) in [6.07, 6.45) is 2.20. The number of nitrogens with zero attached hydrogens (tertiary/aromatic N) is 2. The number of nitrogens with one attached hydrogen (secondary N) is 1. The molecule has 1 unspecified atom stereocenters. The fourth-order valence-corrected chi connectivity index (χ4v) is 1.84. The highest BCUT2D eigenvalue weighted by molar-refractivity contribution is 7.90. The first kappa shape index (κ1) is 15.4. The zero-order valence-corrected chi connectivity index (χ0v) is 11.0. The molecule has 6 heteroatoms. The molecule has 16 heavy (non-hydrogen) atoms.